The average molecular weight is 298 g/mol. The van der Waals surface area contributed by atoms with Crippen molar-refractivity contribution in [1.82, 2.24) is 5.32 Å². The van der Waals surface area contributed by atoms with Crippen LogP contribution in [0.2, 0.25) is 0 Å². The molecule has 1 N–H and O–H groups in total. The van der Waals surface area contributed by atoms with Crippen LogP contribution in [0.5, 0.6) is 0 Å². The minimum atomic E-state index is -0.225. The lowest BCUT2D eigenvalue weighted by atomic mass is 9.92. The summed E-state index contributed by atoms with van der Waals surface area (Å²) >= 11 is 0. The van der Waals surface area contributed by atoms with Crippen LogP contribution in [0.1, 0.15) is 56.9 Å². The van der Waals surface area contributed by atoms with E-state index in [1.165, 1.54) is 31.2 Å². The molecule has 2 fully saturated rings. The van der Waals surface area contributed by atoms with Gasteiger partial charge in [-0.25, -0.2) is 0 Å². The van der Waals surface area contributed by atoms with Gasteiger partial charge in [-0.3, -0.25) is 4.79 Å². The molecule has 0 spiro atoms. The molecule has 2 aliphatic carbocycles. The zero-order valence-electron chi connectivity index (χ0n) is 13.5. The van der Waals surface area contributed by atoms with E-state index in [9.17, 15) is 4.79 Å². The van der Waals surface area contributed by atoms with Crippen molar-refractivity contribution in [2.45, 2.75) is 62.8 Å². The summed E-state index contributed by atoms with van der Waals surface area (Å²) in [7, 11) is 0. The van der Waals surface area contributed by atoms with Gasteiger partial charge in [-0.15, -0.1) is 0 Å². The fourth-order valence-corrected chi connectivity index (χ4v) is 3.27. The Labute approximate surface area is 136 Å². The zero-order chi connectivity index (χ0) is 13.8. The minimum Gasteiger partial charge on any atom is -0.352 e. The highest BCUT2D eigenvalue weighted by molar-refractivity contribution is 5.91. The van der Waals surface area contributed by atoms with E-state index < -0.39 is 0 Å². The van der Waals surface area contributed by atoms with Crippen LogP contribution in [0, 0.1) is 21.3 Å². The van der Waals surface area contributed by atoms with Crippen LogP contribution >= 0.6 is 0 Å². The van der Waals surface area contributed by atoms with E-state index in [1.54, 1.807) is 0 Å². The van der Waals surface area contributed by atoms with Crippen LogP contribution in [0.25, 0.3) is 0 Å². The molecule has 0 aliphatic heterocycles. The van der Waals surface area contributed by atoms with Gasteiger partial charge in [0.1, 0.15) is 0 Å². The van der Waals surface area contributed by atoms with Crippen molar-refractivity contribution in [1.29, 1.82) is 0 Å². The van der Waals surface area contributed by atoms with Crippen LogP contribution in [0.15, 0.2) is 30.3 Å². The predicted octanol–water partition coefficient (Wildman–Crippen LogP) is 4.42. The molecule has 3 rings (SSSR count). The average Bonchev–Trinajstić information content (AvgIpc) is 3.24. The molecular formula is C20H28NO. The first-order chi connectivity index (χ1) is 9.81. The summed E-state index contributed by atoms with van der Waals surface area (Å²) < 4.78 is 0. The molecule has 0 bridgehead atoms. The summed E-state index contributed by atoms with van der Waals surface area (Å²) in [5, 5.41) is 3.29. The van der Waals surface area contributed by atoms with Crippen LogP contribution < -0.4 is 5.32 Å². The number of rotatable bonds is 3. The predicted molar refractivity (Wildman–Crippen MR) is 92.0 cm³/mol. The van der Waals surface area contributed by atoms with Gasteiger partial charge in [0.15, 0.2) is 0 Å². The number of benzene rings is 1. The molecule has 119 valence electrons. The van der Waals surface area contributed by atoms with E-state index in [0.717, 1.165) is 25.7 Å². The SMILES string of the molecule is O=C(NC1[CH]CCCCCC1)C1(c2ccccc2)CC1.[CH2].[CH2]. The van der Waals surface area contributed by atoms with Gasteiger partial charge < -0.3 is 5.32 Å². The second kappa shape index (κ2) is 8.36. The molecule has 2 heteroatoms. The van der Waals surface area contributed by atoms with Crippen molar-refractivity contribution in [3.8, 4) is 0 Å². The minimum absolute atomic E-state index is 0. The lowest BCUT2D eigenvalue weighted by Gasteiger charge is -2.24. The Bertz CT molecular complexity index is 442. The number of hydrogen-bond donors (Lipinski definition) is 1. The lowest BCUT2D eigenvalue weighted by Crippen LogP contribution is -2.42. The van der Waals surface area contributed by atoms with Crippen molar-refractivity contribution < 1.29 is 4.79 Å². The van der Waals surface area contributed by atoms with Crippen LogP contribution in [0.4, 0.5) is 0 Å². The summed E-state index contributed by atoms with van der Waals surface area (Å²) in [6, 6.07) is 10.5. The quantitative estimate of drug-likeness (QED) is 0.879. The smallest absolute Gasteiger partial charge is 0.230 e. The van der Waals surface area contributed by atoms with E-state index in [4.69, 9.17) is 0 Å². The Morgan fingerprint density at radius 1 is 1.00 bits per heavy atom. The number of carbonyl (C=O) groups is 1. The van der Waals surface area contributed by atoms with Gasteiger partial charge in [-0.05, 0) is 37.7 Å². The third-order valence-electron chi connectivity index (χ3n) is 4.75. The topological polar surface area (TPSA) is 29.1 Å². The summed E-state index contributed by atoms with van der Waals surface area (Å²) in [6.45, 7) is 0. The first-order valence-corrected chi connectivity index (χ1v) is 8.01. The second-order valence-corrected chi connectivity index (χ2v) is 6.26. The van der Waals surface area contributed by atoms with Crippen LogP contribution in [-0.2, 0) is 10.2 Å². The Morgan fingerprint density at radius 3 is 2.36 bits per heavy atom. The number of carbonyl (C=O) groups excluding carboxylic acids is 1. The number of nitrogens with one attached hydrogen (secondary N) is 1. The van der Waals surface area contributed by atoms with Crippen molar-refractivity contribution >= 4 is 5.91 Å². The molecule has 1 unspecified atom stereocenters. The standard InChI is InChI=1S/C18H24NO.2CH2/c20-17(19-16-11-7-2-1-3-8-12-16)18(13-14-18)15-9-5-4-6-10-15;;/h4-6,9-11,16H,1-3,7-8,12-14H2,(H,19,20);2*1H2. The van der Waals surface area contributed by atoms with E-state index in [1.807, 2.05) is 18.2 Å². The number of hydrogen-bond acceptors (Lipinski definition) is 1. The second-order valence-electron chi connectivity index (χ2n) is 6.26. The number of amides is 1. The molecule has 0 heterocycles. The van der Waals surface area contributed by atoms with Gasteiger partial charge in [-0.1, -0.05) is 70.9 Å². The lowest BCUT2D eigenvalue weighted by molar-refractivity contribution is -0.124. The first kappa shape index (κ1) is 18.7. The van der Waals surface area contributed by atoms with Gasteiger partial charge in [-0.2, -0.15) is 0 Å². The summed E-state index contributed by atoms with van der Waals surface area (Å²) in [4.78, 5) is 12.7. The Morgan fingerprint density at radius 2 is 1.68 bits per heavy atom. The maximum Gasteiger partial charge on any atom is 0.230 e. The summed E-state index contributed by atoms with van der Waals surface area (Å²) in [5.41, 5.74) is 0.959. The maximum atomic E-state index is 12.7. The summed E-state index contributed by atoms with van der Waals surface area (Å²) in [5.74, 6) is 0.241. The zero-order valence-corrected chi connectivity index (χ0v) is 13.5. The highest BCUT2D eigenvalue weighted by atomic mass is 16.2. The Hall–Kier alpha value is -1.31. The normalized spacial score (nSPS) is 20.5. The van der Waals surface area contributed by atoms with E-state index in [-0.39, 0.29) is 32.2 Å². The van der Waals surface area contributed by atoms with Crippen molar-refractivity contribution in [3.05, 3.63) is 57.2 Å². The van der Waals surface area contributed by atoms with Gasteiger partial charge in [0, 0.05) is 6.04 Å². The molecule has 1 amide bonds. The van der Waals surface area contributed by atoms with E-state index in [2.05, 4.69) is 23.9 Å². The molecule has 0 aromatic heterocycles. The van der Waals surface area contributed by atoms with Gasteiger partial charge in [0.05, 0.1) is 5.41 Å². The molecule has 2 aliphatic rings. The summed E-state index contributed by atoms with van der Waals surface area (Å²) in [6.07, 6.45) is 11.7. The maximum absolute atomic E-state index is 12.7. The Balaban J connectivity index is 0.00000121. The van der Waals surface area contributed by atoms with E-state index >= 15 is 0 Å². The fourth-order valence-electron chi connectivity index (χ4n) is 3.27. The first-order valence-electron chi connectivity index (χ1n) is 8.01. The molecule has 22 heavy (non-hydrogen) atoms. The molecule has 2 nitrogen and oxygen atoms in total. The van der Waals surface area contributed by atoms with Crippen LogP contribution in [-0.4, -0.2) is 11.9 Å². The van der Waals surface area contributed by atoms with Gasteiger partial charge in [0.2, 0.25) is 5.91 Å². The molecule has 1 aromatic rings. The van der Waals surface area contributed by atoms with Crippen LogP contribution in [0.3, 0.4) is 0 Å². The monoisotopic (exact) mass is 298 g/mol. The van der Waals surface area contributed by atoms with Crippen molar-refractivity contribution in [2.24, 2.45) is 0 Å². The van der Waals surface area contributed by atoms with E-state index in [0.29, 0.717) is 0 Å². The molecular weight excluding hydrogens is 270 g/mol. The van der Waals surface area contributed by atoms with Crippen molar-refractivity contribution in [2.75, 3.05) is 0 Å². The largest absolute Gasteiger partial charge is 0.352 e. The molecule has 1 atom stereocenters. The fraction of sp³-hybridized carbons (Fsp3) is 0.500. The highest BCUT2D eigenvalue weighted by Gasteiger charge is 2.51. The van der Waals surface area contributed by atoms with Crippen molar-refractivity contribution in [3.63, 3.8) is 0 Å². The Kier molecular flexibility index (Phi) is 7.12. The molecule has 2 saturated carbocycles. The third kappa shape index (κ3) is 4.12. The van der Waals surface area contributed by atoms with Gasteiger partial charge >= 0.3 is 0 Å². The third-order valence-corrected chi connectivity index (χ3v) is 4.75. The highest BCUT2D eigenvalue weighted by Crippen LogP contribution is 2.48. The molecule has 0 saturated heterocycles. The molecule has 5 radical (unpaired) electrons. The van der Waals surface area contributed by atoms with Gasteiger partial charge in [0.25, 0.3) is 0 Å². The molecule has 1 aromatic carbocycles.